The van der Waals surface area contributed by atoms with E-state index in [1.807, 2.05) is 102 Å². The lowest BCUT2D eigenvalue weighted by molar-refractivity contribution is -0.126. The van der Waals surface area contributed by atoms with Crippen LogP contribution in [-0.2, 0) is 28.1 Å². The number of hydrogen-bond donors (Lipinski definition) is 4. The van der Waals surface area contributed by atoms with Crippen LogP contribution in [0.25, 0.3) is 0 Å². The highest BCUT2D eigenvalue weighted by atomic mass is 32.1. The van der Waals surface area contributed by atoms with E-state index < -0.39 is 5.54 Å². The molecule has 3 aromatic carbocycles. The largest absolute Gasteiger partial charge is 0.355 e. The fraction of sp³-hybridized carbons (Fsp3) is 0.107. The maximum Gasteiger partial charge on any atom is 0.255 e. The fourth-order valence-corrected chi connectivity index (χ4v) is 4.70. The smallest absolute Gasteiger partial charge is 0.255 e. The molecule has 0 fully saturated rings. The molecule has 4 N–H and O–H groups in total. The summed E-state index contributed by atoms with van der Waals surface area (Å²) in [6, 6.07) is 30.0. The van der Waals surface area contributed by atoms with E-state index in [-0.39, 0.29) is 18.4 Å². The monoisotopic (exact) mass is 482 g/mol. The molecule has 176 valence electrons. The fourth-order valence-electron chi connectivity index (χ4n) is 4.00. The van der Waals surface area contributed by atoms with E-state index in [1.165, 1.54) is 0 Å². The van der Waals surface area contributed by atoms with Gasteiger partial charge in [0, 0.05) is 17.1 Å². The minimum absolute atomic E-state index is 0.0870. The SMILES string of the molecule is N=CNC(C(=O)NCc1cccc(NC(=O)Cc2cccs2)c1)(c1ccccc1)c1ccccc1. The summed E-state index contributed by atoms with van der Waals surface area (Å²) in [5.74, 6) is -0.374. The van der Waals surface area contributed by atoms with E-state index in [9.17, 15) is 9.59 Å². The second kappa shape index (κ2) is 11.3. The molecular formula is C28H26N4O2S. The lowest BCUT2D eigenvalue weighted by Gasteiger charge is -2.33. The van der Waals surface area contributed by atoms with Crippen LogP contribution in [0.4, 0.5) is 5.69 Å². The van der Waals surface area contributed by atoms with E-state index in [1.54, 1.807) is 11.3 Å². The van der Waals surface area contributed by atoms with Crippen molar-refractivity contribution in [3.8, 4) is 0 Å². The predicted octanol–water partition coefficient (Wildman–Crippen LogP) is 4.69. The van der Waals surface area contributed by atoms with Crippen LogP contribution in [-0.4, -0.2) is 18.2 Å². The van der Waals surface area contributed by atoms with E-state index in [0.717, 1.165) is 27.9 Å². The first-order chi connectivity index (χ1) is 17.1. The molecule has 35 heavy (non-hydrogen) atoms. The zero-order chi connectivity index (χ0) is 24.5. The zero-order valence-electron chi connectivity index (χ0n) is 19.0. The summed E-state index contributed by atoms with van der Waals surface area (Å²) in [6.45, 7) is 0.258. The van der Waals surface area contributed by atoms with Gasteiger partial charge in [0.1, 0.15) is 0 Å². The quantitative estimate of drug-likeness (QED) is 0.195. The average Bonchev–Trinajstić information content (AvgIpc) is 3.40. The van der Waals surface area contributed by atoms with Crippen LogP contribution in [0.15, 0.2) is 102 Å². The molecule has 0 atom stereocenters. The second-order valence-corrected chi connectivity index (χ2v) is 8.99. The minimum atomic E-state index is -1.27. The summed E-state index contributed by atoms with van der Waals surface area (Å²) in [4.78, 5) is 27.1. The van der Waals surface area contributed by atoms with Gasteiger partial charge >= 0.3 is 0 Å². The van der Waals surface area contributed by atoms with Gasteiger partial charge in [0.25, 0.3) is 5.91 Å². The van der Waals surface area contributed by atoms with Gasteiger partial charge in [-0.1, -0.05) is 78.9 Å². The van der Waals surface area contributed by atoms with Crippen molar-refractivity contribution in [3.63, 3.8) is 0 Å². The second-order valence-electron chi connectivity index (χ2n) is 7.96. The normalized spacial score (nSPS) is 10.9. The van der Waals surface area contributed by atoms with Gasteiger partial charge in [-0.15, -0.1) is 11.3 Å². The molecule has 1 aromatic heterocycles. The predicted molar refractivity (Wildman–Crippen MR) is 141 cm³/mol. The number of nitrogens with one attached hydrogen (secondary N) is 4. The summed E-state index contributed by atoms with van der Waals surface area (Å²) in [5, 5.41) is 18.6. The van der Waals surface area contributed by atoms with Gasteiger partial charge in [0.2, 0.25) is 5.91 Å². The summed E-state index contributed by atoms with van der Waals surface area (Å²) < 4.78 is 0. The van der Waals surface area contributed by atoms with Crippen molar-refractivity contribution < 1.29 is 9.59 Å². The molecule has 1 heterocycles. The average molecular weight is 483 g/mol. The number of anilines is 1. The first kappa shape index (κ1) is 23.9. The van der Waals surface area contributed by atoms with Crippen molar-refractivity contribution in [1.82, 2.24) is 10.6 Å². The Hall–Kier alpha value is -4.23. The molecule has 0 saturated heterocycles. The van der Waals surface area contributed by atoms with Gasteiger partial charge in [0.15, 0.2) is 5.54 Å². The minimum Gasteiger partial charge on any atom is -0.355 e. The van der Waals surface area contributed by atoms with Gasteiger partial charge in [-0.3, -0.25) is 15.0 Å². The molecule has 0 saturated carbocycles. The summed E-state index contributed by atoms with van der Waals surface area (Å²) in [7, 11) is 0. The number of amides is 2. The van der Waals surface area contributed by atoms with Gasteiger partial charge in [-0.2, -0.15) is 0 Å². The first-order valence-corrected chi connectivity index (χ1v) is 12.1. The molecule has 4 aromatic rings. The number of hydrogen-bond acceptors (Lipinski definition) is 4. The standard InChI is InChI=1S/C28H26N4O2S/c29-20-31-28(22-10-3-1-4-11-22,23-12-5-2-6-13-23)27(34)30-19-21-9-7-14-24(17-21)32-26(33)18-25-15-8-16-35-25/h1-17,20H,18-19H2,(H2,29,31)(H,30,34)(H,32,33). The Bertz CT molecular complexity index is 1240. The Labute approximate surface area is 208 Å². The lowest BCUT2D eigenvalue weighted by Crippen LogP contribution is -2.54. The lowest BCUT2D eigenvalue weighted by atomic mass is 9.82. The Kier molecular flexibility index (Phi) is 7.70. The molecule has 0 spiro atoms. The maximum absolute atomic E-state index is 13.7. The Morgan fingerprint density at radius 3 is 2.14 bits per heavy atom. The molecule has 0 bridgehead atoms. The van der Waals surface area contributed by atoms with Crippen molar-refractivity contribution in [1.29, 1.82) is 5.41 Å². The summed E-state index contributed by atoms with van der Waals surface area (Å²) in [5.41, 5.74) is 1.70. The molecule has 4 rings (SSSR count). The van der Waals surface area contributed by atoms with E-state index in [4.69, 9.17) is 5.41 Å². The van der Waals surface area contributed by atoms with E-state index in [0.29, 0.717) is 12.1 Å². The Morgan fingerprint density at radius 1 is 0.857 bits per heavy atom. The Balaban J connectivity index is 1.53. The third kappa shape index (κ3) is 5.65. The highest BCUT2D eigenvalue weighted by molar-refractivity contribution is 7.10. The molecule has 0 unspecified atom stereocenters. The number of carbonyl (C=O) groups excluding carboxylic acids is 2. The number of thiophene rings is 1. The van der Waals surface area contributed by atoms with Crippen molar-refractivity contribution in [2.75, 3.05) is 5.32 Å². The van der Waals surface area contributed by atoms with Crippen LogP contribution >= 0.6 is 11.3 Å². The van der Waals surface area contributed by atoms with E-state index in [2.05, 4.69) is 16.0 Å². The summed E-state index contributed by atoms with van der Waals surface area (Å²) in [6.07, 6.45) is 1.37. The number of carbonyl (C=O) groups is 2. The van der Waals surface area contributed by atoms with Crippen LogP contribution < -0.4 is 16.0 Å². The molecule has 2 amide bonds. The van der Waals surface area contributed by atoms with Gasteiger partial charge in [-0.25, -0.2) is 0 Å². The van der Waals surface area contributed by atoms with Gasteiger partial charge in [0.05, 0.1) is 12.8 Å². The van der Waals surface area contributed by atoms with Crippen LogP contribution in [0.1, 0.15) is 21.6 Å². The molecule has 6 nitrogen and oxygen atoms in total. The van der Waals surface area contributed by atoms with Gasteiger partial charge in [-0.05, 0) is 40.3 Å². The van der Waals surface area contributed by atoms with Crippen LogP contribution in [0.3, 0.4) is 0 Å². The zero-order valence-corrected chi connectivity index (χ0v) is 19.8. The summed E-state index contributed by atoms with van der Waals surface area (Å²) >= 11 is 1.55. The van der Waals surface area contributed by atoms with Crippen LogP contribution in [0, 0.1) is 5.41 Å². The molecule has 0 aliphatic carbocycles. The van der Waals surface area contributed by atoms with Crippen LogP contribution in [0.2, 0.25) is 0 Å². The molecule has 0 radical (unpaired) electrons. The Morgan fingerprint density at radius 2 is 1.54 bits per heavy atom. The molecule has 0 aliphatic heterocycles. The maximum atomic E-state index is 13.7. The highest BCUT2D eigenvalue weighted by Crippen LogP contribution is 2.30. The first-order valence-electron chi connectivity index (χ1n) is 11.2. The molecule has 0 aliphatic rings. The highest BCUT2D eigenvalue weighted by Gasteiger charge is 2.41. The van der Waals surface area contributed by atoms with Crippen molar-refractivity contribution in [2.45, 2.75) is 18.5 Å². The van der Waals surface area contributed by atoms with Crippen molar-refractivity contribution >= 4 is 35.2 Å². The number of benzene rings is 3. The van der Waals surface area contributed by atoms with Crippen LogP contribution in [0.5, 0.6) is 0 Å². The van der Waals surface area contributed by atoms with Crippen molar-refractivity contribution in [3.05, 3.63) is 124 Å². The third-order valence-electron chi connectivity index (χ3n) is 5.62. The van der Waals surface area contributed by atoms with Crippen molar-refractivity contribution in [2.24, 2.45) is 0 Å². The topological polar surface area (TPSA) is 94.1 Å². The molecule has 7 heteroatoms. The number of rotatable bonds is 10. The van der Waals surface area contributed by atoms with E-state index >= 15 is 0 Å². The molecular weight excluding hydrogens is 456 g/mol. The van der Waals surface area contributed by atoms with Gasteiger partial charge < -0.3 is 16.0 Å². The third-order valence-corrected chi connectivity index (χ3v) is 6.50.